The van der Waals surface area contributed by atoms with Gasteiger partial charge in [-0.2, -0.15) is 13.2 Å². The number of benzene rings is 1. The molecule has 1 aliphatic carbocycles. The van der Waals surface area contributed by atoms with E-state index < -0.39 is 11.7 Å². The molecule has 34 heavy (non-hydrogen) atoms. The van der Waals surface area contributed by atoms with Gasteiger partial charge in [-0.05, 0) is 44.7 Å². The fourth-order valence-electron chi connectivity index (χ4n) is 4.73. The molecule has 1 fully saturated rings. The van der Waals surface area contributed by atoms with Crippen molar-refractivity contribution in [3.8, 4) is 11.3 Å². The number of amides is 1. The van der Waals surface area contributed by atoms with Crippen molar-refractivity contribution in [2.24, 2.45) is 0 Å². The van der Waals surface area contributed by atoms with E-state index in [0.29, 0.717) is 23.5 Å². The molecular weight excluding hydrogens is 469 g/mol. The number of hydrogen-bond acceptors (Lipinski definition) is 5. The molecule has 3 aliphatic rings. The monoisotopic (exact) mass is 492 g/mol. The number of carbonyl (C=O) groups excluding carboxylic acids is 1. The molecule has 6 rings (SSSR count). The second kappa shape index (κ2) is 9.07. The van der Waals surface area contributed by atoms with E-state index in [1.54, 1.807) is 6.07 Å². The Morgan fingerprint density at radius 3 is 2.68 bits per heavy atom. The lowest BCUT2D eigenvalue weighted by Crippen LogP contribution is -2.30. The van der Waals surface area contributed by atoms with Crippen LogP contribution in [-0.2, 0) is 6.18 Å². The summed E-state index contributed by atoms with van der Waals surface area (Å²) < 4.78 is 41.6. The summed E-state index contributed by atoms with van der Waals surface area (Å²) in [5, 5.41) is 10.2. The highest BCUT2D eigenvalue weighted by Gasteiger charge is 2.36. The first-order chi connectivity index (χ1) is 16.3. The lowest BCUT2D eigenvalue weighted by Gasteiger charge is -2.17. The first kappa shape index (κ1) is 22.9. The Hall–Kier alpha value is -2.85. The number of rotatable bonds is 0. The summed E-state index contributed by atoms with van der Waals surface area (Å²) in [6, 6.07) is 3.52. The van der Waals surface area contributed by atoms with Gasteiger partial charge in [-0.1, -0.05) is 17.7 Å². The zero-order valence-corrected chi connectivity index (χ0v) is 19.0. The van der Waals surface area contributed by atoms with E-state index in [0.717, 1.165) is 44.8 Å². The molecule has 1 aromatic carbocycles. The molecule has 0 saturated heterocycles. The summed E-state index contributed by atoms with van der Waals surface area (Å²) >= 11 is 6.49. The number of fused-ring (bicyclic) bond motifs is 7. The summed E-state index contributed by atoms with van der Waals surface area (Å²) in [6.07, 6.45) is 2.02. The molecule has 11 heteroatoms. The Morgan fingerprint density at radius 1 is 1.06 bits per heavy atom. The van der Waals surface area contributed by atoms with Crippen LogP contribution in [0, 0.1) is 0 Å². The van der Waals surface area contributed by atoms with Crippen molar-refractivity contribution in [2.75, 3.05) is 18.4 Å². The topological polar surface area (TPSA) is 94.7 Å². The third-order valence-corrected chi connectivity index (χ3v) is 6.87. The minimum absolute atomic E-state index is 0.0726. The maximum atomic E-state index is 13.9. The lowest BCUT2D eigenvalue weighted by atomic mass is 10.0. The first-order valence-electron chi connectivity index (χ1n) is 11.3. The van der Waals surface area contributed by atoms with Crippen LogP contribution in [0.5, 0.6) is 0 Å². The molecule has 3 aromatic rings. The standard InChI is InChI=1S/C23H24ClF3N6O/c24-18-15-6-5-14-16(10-30-20(14)18)19-17(23(25,26)27)11-31-22(33-19)32-13-4-3-12(9-13)28-7-1-2-8-29-21(15)34/h5-6,10-13,28,30H,1-4,7-9H2,(H,29,34)(H,31,32,33)/t12-,13?/m0/s1. The second-order valence-electron chi connectivity index (χ2n) is 8.77. The Bertz CT molecular complexity index is 1230. The highest BCUT2D eigenvalue weighted by atomic mass is 35.5. The Morgan fingerprint density at radius 2 is 1.85 bits per heavy atom. The Kier molecular flexibility index (Phi) is 6.11. The molecule has 1 amide bonds. The van der Waals surface area contributed by atoms with E-state index in [4.69, 9.17) is 11.6 Å². The van der Waals surface area contributed by atoms with E-state index in [9.17, 15) is 18.0 Å². The molecular formula is C23H24ClF3N6O. The van der Waals surface area contributed by atoms with Gasteiger partial charge in [0.05, 0.1) is 21.8 Å². The Balaban J connectivity index is 1.61. The average Bonchev–Trinajstić information content (AvgIpc) is 3.42. The number of H-pyrrole nitrogens is 1. The minimum atomic E-state index is -4.64. The van der Waals surface area contributed by atoms with Crippen LogP contribution in [-0.4, -0.2) is 46.0 Å². The van der Waals surface area contributed by atoms with Gasteiger partial charge < -0.3 is 20.9 Å². The summed E-state index contributed by atoms with van der Waals surface area (Å²) in [6.45, 7) is 1.34. The molecule has 1 saturated carbocycles. The number of aromatic nitrogens is 3. The van der Waals surface area contributed by atoms with Crippen molar-refractivity contribution in [1.29, 1.82) is 0 Å². The molecule has 4 heterocycles. The summed E-state index contributed by atoms with van der Waals surface area (Å²) in [7, 11) is 0. The third-order valence-electron chi connectivity index (χ3n) is 6.47. The van der Waals surface area contributed by atoms with Gasteiger partial charge in [0.25, 0.3) is 5.91 Å². The van der Waals surface area contributed by atoms with Gasteiger partial charge in [0, 0.05) is 42.0 Å². The molecule has 1 unspecified atom stereocenters. The van der Waals surface area contributed by atoms with Crippen LogP contribution in [0.2, 0.25) is 5.02 Å². The molecule has 7 nitrogen and oxygen atoms in total. The zero-order valence-electron chi connectivity index (χ0n) is 18.2. The number of aromatic amines is 1. The number of nitrogens with one attached hydrogen (secondary N) is 4. The summed E-state index contributed by atoms with van der Waals surface area (Å²) in [5.41, 5.74) is -0.294. The van der Waals surface area contributed by atoms with Crippen LogP contribution < -0.4 is 16.0 Å². The number of halogens is 4. The SMILES string of the molecule is O=C1NCCCCN[C@H]2CCC(C2)Nc2ncc(C(F)(F)F)c(n2)-c2c[nH]c3c(Cl)c1ccc23. The van der Waals surface area contributed by atoms with E-state index in [1.807, 2.05) is 0 Å². The quantitative estimate of drug-likeness (QED) is 0.363. The highest BCUT2D eigenvalue weighted by molar-refractivity contribution is 6.38. The van der Waals surface area contributed by atoms with Gasteiger partial charge in [-0.15, -0.1) is 0 Å². The van der Waals surface area contributed by atoms with E-state index in [2.05, 4.69) is 30.9 Å². The summed E-state index contributed by atoms with van der Waals surface area (Å²) in [5.74, 6) is -0.167. The average molecular weight is 493 g/mol. The molecule has 4 N–H and O–H groups in total. The van der Waals surface area contributed by atoms with Gasteiger partial charge in [0.2, 0.25) is 5.95 Å². The van der Waals surface area contributed by atoms with Crippen LogP contribution in [0.4, 0.5) is 19.1 Å². The van der Waals surface area contributed by atoms with E-state index in [1.165, 1.54) is 12.3 Å². The smallest absolute Gasteiger partial charge is 0.359 e. The largest absolute Gasteiger partial charge is 0.419 e. The zero-order chi connectivity index (χ0) is 23.9. The van der Waals surface area contributed by atoms with Crippen LogP contribution in [0.15, 0.2) is 24.5 Å². The Labute approximate surface area is 198 Å². The molecule has 0 spiro atoms. The molecule has 8 bridgehead atoms. The van der Waals surface area contributed by atoms with Crippen molar-refractivity contribution >= 4 is 34.4 Å². The van der Waals surface area contributed by atoms with Gasteiger partial charge >= 0.3 is 6.18 Å². The van der Waals surface area contributed by atoms with Crippen LogP contribution in [0.1, 0.15) is 48.0 Å². The lowest BCUT2D eigenvalue weighted by molar-refractivity contribution is -0.137. The van der Waals surface area contributed by atoms with Crippen molar-refractivity contribution in [3.63, 3.8) is 0 Å². The van der Waals surface area contributed by atoms with Crippen molar-refractivity contribution in [3.05, 3.63) is 40.7 Å². The maximum Gasteiger partial charge on any atom is 0.419 e. The fourth-order valence-corrected chi connectivity index (χ4v) is 5.04. The molecule has 0 radical (unpaired) electrons. The third kappa shape index (κ3) is 4.44. The maximum absolute atomic E-state index is 13.9. The van der Waals surface area contributed by atoms with Crippen LogP contribution in [0.3, 0.4) is 0 Å². The van der Waals surface area contributed by atoms with Crippen LogP contribution in [0.25, 0.3) is 22.2 Å². The molecule has 2 aromatic heterocycles. The molecule has 180 valence electrons. The number of hydrogen-bond donors (Lipinski definition) is 4. The van der Waals surface area contributed by atoms with Crippen molar-refractivity contribution < 1.29 is 18.0 Å². The predicted molar refractivity (Wildman–Crippen MR) is 124 cm³/mol. The number of carbonyl (C=O) groups is 1. The summed E-state index contributed by atoms with van der Waals surface area (Å²) in [4.78, 5) is 23.9. The van der Waals surface area contributed by atoms with Gasteiger partial charge in [-0.3, -0.25) is 4.79 Å². The second-order valence-corrected chi connectivity index (χ2v) is 9.15. The van der Waals surface area contributed by atoms with Gasteiger partial charge in [-0.25, -0.2) is 9.97 Å². The first-order valence-corrected chi connectivity index (χ1v) is 11.7. The van der Waals surface area contributed by atoms with Gasteiger partial charge in [0.15, 0.2) is 0 Å². The minimum Gasteiger partial charge on any atom is -0.359 e. The van der Waals surface area contributed by atoms with Gasteiger partial charge in [0.1, 0.15) is 5.56 Å². The molecule has 2 atom stereocenters. The number of nitrogens with zero attached hydrogens (tertiary/aromatic N) is 2. The van der Waals surface area contributed by atoms with Crippen molar-refractivity contribution in [2.45, 2.75) is 50.4 Å². The van der Waals surface area contributed by atoms with E-state index in [-0.39, 0.29) is 39.7 Å². The normalized spacial score (nSPS) is 21.7. The predicted octanol–water partition coefficient (Wildman–Crippen LogP) is 4.74. The fraction of sp³-hybridized carbons (Fsp3) is 0.435. The highest BCUT2D eigenvalue weighted by Crippen LogP contribution is 2.40. The van der Waals surface area contributed by atoms with E-state index >= 15 is 0 Å². The molecule has 2 aliphatic heterocycles. The van der Waals surface area contributed by atoms with Crippen molar-refractivity contribution in [1.82, 2.24) is 25.6 Å². The van der Waals surface area contributed by atoms with Crippen LogP contribution >= 0.6 is 11.6 Å². The number of anilines is 1. The number of alkyl halides is 3.